The van der Waals surface area contributed by atoms with Gasteiger partial charge in [0.15, 0.2) is 0 Å². The predicted octanol–water partition coefficient (Wildman–Crippen LogP) is 3.45. The van der Waals surface area contributed by atoms with Gasteiger partial charge in [0.25, 0.3) is 0 Å². The highest BCUT2D eigenvalue weighted by molar-refractivity contribution is 5.67. The van der Waals surface area contributed by atoms with E-state index < -0.39 is 0 Å². The number of carbonyl (C=O) groups excluding carboxylic acids is 1. The van der Waals surface area contributed by atoms with Gasteiger partial charge in [0.2, 0.25) is 0 Å². The minimum atomic E-state index is -0.214. The van der Waals surface area contributed by atoms with Gasteiger partial charge in [-0.15, -0.1) is 0 Å². The summed E-state index contributed by atoms with van der Waals surface area (Å²) in [5, 5.41) is 0. The topological polar surface area (TPSA) is 32.8 Å². The molecule has 1 fully saturated rings. The standard InChI is InChI=1S/C20H24N2O2/c1-17-7-9-18(10-8-17)15-21-11-13-22(14-12-21)20(23)24-16-19-5-3-2-4-6-19/h2-10H,11-16H2,1H3. The molecule has 2 aromatic rings. The van der Waals surface area contributed by atoms with E-state index in [0.717, 1.165) is 38.3 Å². The molecule has 1 saturated heterocycles. The van der Waals surface area contributed by atoms with Crippen LogP contribution in [0.15, 0.2) is 54.6 Å². The Morgan fingerprint density at radius 3 is 2.25 bits per heavy atom. The molecule has 0 aliphatic carbocycles. The summed E-state index contributed by atoms with van der Waals surface area (Å²) in [7, 11) is 0. The smallest absolute Gasteiger partial charge is 0.410 e. The molecule has 1 amide bonds. The minimum Gasteiger partial charge on any atom is -0.445 e. The van der Waals surface area contributed by atoms with Crippen molar-refractivity contribution in [3.8, 4) is 0 Å². The Morgan fingerprint density at radius 2 is 1.58 bits per heavy atom. The molecule has 1 aliphatic rings. The Morgan fingerprint density at radius 1 is 0.917 bits per heavy atom. The van der Waals surface area contributed by atoms with Gasteiger partial charge >= 0.3 is 6.09 Å². The van der Waals surface area contributed by atoms with Crippen molar-refractivity contribution < 1.29 is 9.53 Å². The van der Waals surface area contributed by atoms with E-state index in [1.807, 2.05) is 30.3 Å². The molecule has 1 heterocycles. The number of rotatable bonds is 4. The number of nitrogens with zero attached hydrogens (tertiary/aromatic N) is 2. The molecule has 0 atom stereocenters. The fourth-order valence-electron chi connectivity index (χ4n) is 2.85. The number of ether oxygens (including phenoxy) is 1. The van der Waals surface area contributed by atoms with Gasteiger partial charge in [0.1, 0.15) is 6.61 Å². The van der Waals surface area contributed by atoms with Crippen molar-refractivity contribution in [1.82, 2.24) is 9.80 Å². The van der Waals surface area contributed by atoms with E-state index in [4.69, 9.17) is 4.74 Å². The maximum atomic E-state index is 12.2. The number of aryl methyl sites for hydroxylation is 1. The molecule has 1 aliphatic heterocycles. The zero-order valence-corrected chi connectivity index (χ0v) is 14.1. The summed E-state index contributed by atoms with van der Waals surface area (Å²) < 4.78 is 5.40. The zero-order valence-electron chi connectivity index (χ0n) is 14.1. The Labute approximate surface area is 143 Å². The lowest BCUT2D eigenvalue weighted by Gasteiger charge is -2.34. The number of carbonyl (C=O) groups is 1. The van der Waals surface area contributed by atoms with E-state index >= 15 is 0 Å². The van der Waals surface area contributed by atoms with Gasteiger partial charge in [0, 0.05) is 32.7 Å². The van der Waals surface area contributed by atoms with E-state index in [1.54, 1.807) is 4.90 Å². The largest absolute Gasteiger partial charge is 0.445 e. The predicted molar refractivity (Wildman–Crippen MR) is 94.7 cm³/mol. The fraction of sp³-hybridized carbons (Fsp3) is 0.350. The lowest BCUT2D eigenvalue weighted by atomic mass is 10.1. The Hall–Kier alpha value is -2.33. The normalized spacial score (nSPS) is 15.3. The first-order valence-electron chi connectivity index (χ1n) is 8.44. The monoisotopic (exact) mass is 324 g/mol. The van der Waals surface area contributed by atoms with Gasteiger partial charge in [-0.2, -0.15) is 0 Å². The molecule has 24 heavy (non-hydrogen) atoms. The highest BCUT2D eigenvalue weighted by atomic mass is 16.6. The summed E-state index contributed by atoms with van der Waals surface area (Å²) in [6.07, 6.45) is -0.214. The average molecular weight is 324 g/mol. The first-order chi connectivity index (χ1) is 11.7. The Balaban J connectivity index is 1.42. The molecule has 0 unspecified atom stereocenters. The van der Waals surface area contributed by atoms with Crippen LogP contribution in [0.4, 0.5) is 4.79 Å². The molecule has 0 aromatic heterocycles. The molecule has 0 radical (unpaired) electrons. The lowest BCUT2D eigenvalue weighted by molar-refractivity contribution is 0.0700. The van der Waals surface area contributed by atoms with Crippen LogP contribution >= 0.6 is 0 Å². The number of hydrogen-bond donors (Lipinski definition) is 0. The van der Waals surface area contributed by atoms with Crippen molar-refractivity contribution in [3.63, 3.8) is 0 Å². The average Bonchev–Trinajstić information content (AvgIpc) is 2.63. The van der Waals surface area contributed by atoms with Crippen LogP contribution in [0.1, 0.15) is 16.7 Å². The molecule has 0 saturated carbocycles. The molecule has 0 N–H and O–H groups in total. The minimum absolute atomic E-state index is 0.214. The third kappa shape index (κ3) is 4.59. The molecule has 0 bridgehead atoms. The van der Waals surface area contributed by atoms with Crippen LogP contribution < -0.4 is 0 Å². The van der Waals surface area contributed by atoms with Crippen LogP contribution in [0, 0.1) is 6.92 Å². The van der Waals surface area contributed by atoms with Gasteiger partial charge in [-0.25, -0.2) is 4.79 Å². The molecule has 2 aromatic carbocycles. The van der Waals surface area contributed by atoms with E-state index in [2.05, 4.69) is 36.1 Å². The SMILES string of the molecule is Cc1ccc(CN2CCN(C(=O)OCc3ccccc3)CC2)cc1. The second kappa shape index (κ2) is 7.97. The number of amides is 1. The summed E-state index contributed by atoms with van der Waals surface area (Å²) in [6, 6.07) is 18.4. The van der Waals surface area contributed by atoms with Gasteiger partial charge in [-0.3, -0.25) is 4.90 Å². The van der Waals surface area contributed by atoms with Crippen molar-refractivity contribution >= 4 is 6.09 Å². The second-order valence-electron chi connectivity index (χ2n) is 6.29. The molecular formula is C20H24N2O2. The van der Waals surface area contributed by atoms with Gasteiger partial charge in [-0.05, 0) is 18.1 Å². The number of hydrogen-bond acceptors (Lipinski definition) is 3. The molecular weight excluding hydrogens is 300 g/mol. The highest BCUT2D eigenvalue weighted by Gasteiger charge is 2.22. The van der Waals surface area contributed by atoms with Crippen molar-refractivity contribution in [3.05, 3.63) is 71.3 Å². The Kier molecular flexibility index (Phi) is 5.49. The van der Waals surface area contributed by atoms with Crippen molar-refractivity contribution in [2.24, 2.45) is 0 Å². The summed E-state index contributed by atoms with van der Waals surface area (Å²) in [4.78, 5) is 16.3. The maximum absolute atomic E-state index is 12.2. The number of piperazine rings is 1. The third-order valence-corrected chi connectivity index (χ3v) is 4.36. The third-order valence-electron chi connectivity index (χ3n) is 4.36. The van der Waals surface area contributed by atoms with E-state index in [-0.39, 0.29) is 6.09 Å². The quantitative estimate of drug-likeness (QED) is 0.863. The molecule has 4 heteroatoms. The molecule has 3 rings (SSSR count). The Bertz CT molecular complexity index is 647. The van der Waals surface area contributed by atoms with Gasteiger partial charge in [-0.1, -0.05) is 60.2 Å². The lowest BCUT2D eigenvalue weighted by Crippen LogP contribution is -2.48. The molecule has 4 nitrogen and oxygen atoms in total. The molecule has 126 valence electrons. The summed E-state index contributed by atoms with van der Waals surface area (Å²) in [5.41, 5.74) is 3.62. The van der Waals surface area contributed by atoms with Gasteiger partial charge in [0.05, 0.1) is 0 Å². The zero-order chi connectivity index (χ0) is 16.8. The van der Waals surface area contributed by atoms with E-state index in [1.165, 1.54) is 11.1 Å². The summed E-state index contributed by atoms with van der Waals surface area (Å²) >= 11 is 0. The first-order valence-corrected chi connectivity index (χ1v) is 8.44. The van der Waals surface area contributed by atoms with Crippen LogP contribution in [0.2, 0.25) is 0 Å². The van der Waals surface area contributed by atoms with Crippen LogP contribution in [-0.4, -0.2) is 42.1 Å². The fourth-order valence-corrected chi connectivity index (χ4v) is 2.85. The second-order valence-corrected chi connectivity index (χ2v) is 6.29. The van der Waals surface area contributed by atoms with Crippen molar-refractivity contribution in [2.45, 2.75) is 20.1 Å². The van der Waals surface area contributed by atoms with Crippen LogP contribution in [0.3, 0.4) is 0 Å². The summed E-state index contributed by atoms with van der Waals surface area (Å²) in [5.74, 6) is 0. The molecule has 0 spiro atoms. The maximum Gasteiger partial charge on any atom is 0.410 e. The van der Waals surface area contributed by atoms with E-state index in [9.17, 15) is 4.79 Å². The van der Waals surface area contributed by atoms with Crippen LogP contribution in [0.25, 0.3) is 0 Å². The first kappa shape index (κ1) is 16.5. The van der Waals surface area contributed by atoms with Crippen molar-refractivity contribution in [1.29, 1.82) is 0 Å². The van der Waals surface area contributed by atoms with Crippen molar-refractivity contribution in [2.75, 3.05) is 26.2 Å². The van der Waals surface area contributed by atoms with Crippen LogP contribution in [-0.2, 0) is 17.9 Å². The number of benzene rings is 2. The van der Waals surface area contributed by atoms with Crippen LogP contribution in [0.5, 0.6) is 0 Å². The van der Waals surface area contributed by atoms with E-state index in [0.29, 0.717) is 6.61 Å². The summed E-state index contributed by atoms with van der Waals surface area (Å²) in [6.45, 7) is 6.58. The highest BCUT2D eigenvalue weighted by Crippen LogP contribution is 2.11. The van der Waals surface area contributed by atoms with Gasteiger partial charge < -0.3 is 9.64 Å².